The Morgan fingerprint density at radius 2 is 1.76 bits per heavy atom. The number of hydrogen-bond acceptors (Lipinski definition) is 1. The van der Waals surface area contributed by atoms with Gasteiger partial charge in [0.05, 0.1) is 0 Å². The molecule has 0 bridgehead atoms. The number of aryl methyl sites for hydroxylation is 1. The highest BCUT2D eigenvalue weighted by molar-refractivity contribution is 6.31. The molecule has 0 fully saturated rings. The Balaban J connectivity index is 2.13. The lowest BCUT2D eigenvalue weighted by atomic mass is 10.1. The van der Waals surface area contributed by atoms with Crippen LogP contribution in [0.25, 0.3) is 0 Å². The molecule has 0 aliphatic heterocycles. The van der Waals surface area contributed by atoms with Gasteiger partial charge in [0, 0.05) is 17.3 Å². The molecule has 0 saturated heterocycles. The summed E-state index contributed by atoms with van der Waals surface area (Å²) in [7, 11) is 0. The number of nitrogens with one attached hydrogen (secondary N) is 1. The fourth-order valence-corrected chi connectivity index (χ4v) is 1.98. The van der Waals surface area contributed by atoms with Gasteiger partial charge in [0.1, 0.15) is 0 Å². The molecule has 0 amide bonds. The molecule has 88 valence electrons. The molecular formula is C15H16ClN. The second kappa shape index (κ2) is 5.24. The molecule has 0 unspecified atom stereocenters. The van der Waals surface area contributed by atoms with Gasteiger partial charge in [-0.1, -0.05) is 41.9 Å². The smallest absolute Gasteiger partial charge is 0.0455 e. The third-order valence-electron chi connectivity index (χ3n) is 3.03. The Hall–Kier alpha value is -1.47. The zero-order valence-electron chi connectivity index (χ0n) is 10.1. The van der Waals surface area contributed by atoms with E-state index in [1.807, 2.05) is 24.3 Å². The van der Waals surface area contributed by atoms with Crippen LogP contribution in [0.5, 0.6) is 0 Å². The fraction of sp³-hybridized carbons (Fsp3) is 0.200. The summed E-state index contributed by atoms with van der Waals surface area (Å²) in [4.78, 5) is 0. The molecule has 0 aliphatic carbocycles. The molecule has 2 aromatic rings. The summed E-state index contributed by atoms with van der Waals surface area (Å²) in [6, 6.07) is 14.2. The minimum atomic E-state index is 0.754. The Morgan fingerprint density at radius 1 is 1.00 bits per heavy atom. The van der Waals surface area contributed by atoms with E-state index in [0.717, 1.165) is 17.1 Å². The largest absolute Gasteiger partial charge is 0.381 e. The van der Waals surface area contributed by atoms with Gasteiger partial charge in [-0.2, -0.15) is 0 Å². The molecule has 0 saturated carbocycles. The van der Waals surface area contributed by atoms with Crippen molar-refractivity contribution in [3.05, 3.63) is 64.2 Å². The molecule has 1 N–H and O–H groups in total. The van der Waals surface area contributed by atoms with Crippen LogP contribution in [0.15, 0.2) is 42.5 Å². The van der Waals surface area contributed by atoms with Crippen molar-refractivity contribution in [3.63, 3.8) is 0 Å². The maximum Gasteiger partial charge on any atom is 0.0455 e. The van der Waals surface area contributed by atoms with Gasteiger partial charge in [-0.15, -0.1) is 0 Å². The topological polar surface area (TPSA) is 12.0 Å². The van der Waals surface area contributed by atoms with Crippen molar-refractivity contribution < 1.29 is 0 Å². The van der Waals surface area contributed by atoms with Crippen molar-refractivity contribution in [2.75, 3.05) is 5.32 Å². The van der Waals surface area contributed by atoms with E-state index in [2.05, 4.69) is 37.4 Å². The quantitative estimate of drug-likeness (QED) is 0.835. The second-order valence-corrected chi connectivity index (χ2v) is 4.60. The maximum atomic E-state index is 6.12. The first kappa shape index (κ1) is 12.0. The lowest BCUT2D eigenvalue weighted by Gasteiger charge is -2.12. The lowest BCUT2D eigenvalue weighted by Crippen LogP contribution is -2.02. The standard InChI is InChI=1S/C15H16ClN/c1-11-6-5-9-15(12(11)2)17-10-13-7-3-4-8-14(13)16/h3-9,17H,10H2,1-2H3. The van der Waals surface area contributed by atoms with E-state index in [1.165, 1.54) is 16.8 Å². The molecule has 2 aromatic carbocycles. The highest BCUT2D eigenvalue weighted by atomic mass is 35.5. The molecule has 0 radical (unpaired) electrons. The van der Waals surface area contributed by atoms with E-state index in [4.69, 9.17) is 11.6 Å². The number of rotatable bonds is 3. The summed E-state index contributed by atoms with van der Waals surface area (Å²) in [6.45, 7) is 5.00. The molecule has 2 rings (SSSR count). The molecule has 17 heavy (non-hydrogen) atoms. The van der Waals surface area contributed by atoms with Crippen LogP contribution in [0.4, 0.5) is 5.69 Å². The van der Waals surface area contributed by atoms with Crippen molar-refractivity contribution >= 4 is 17.3 Å². The van der Waals surface area contributed by atoms with Gasteiger partial charge in [0.25, 0.3) is 0 Å². The van der Waals surface area contributed by atoms with Crippen LogP contribution in [-0.2, 0) is 6.54 Å². The minimum absolute atomic E-state index is 0.754. The van der Waals surface area contributed by atoms with Gasteiger partial charge in [-0.25, -0.2) is 0 Å². The Kier molecular flexibility index (Phi) is 3.70. The van der Waals surface area contributed by atoms with Gasteiger partial charge < -0.3 is 5.32 Å². The van der Waals surface area contributed by atoms with Crippen LogP contribution in [0.1, 0.15) is 16.7 Å². The first-order valence-corrected chi connectivity index (χ1v) is 6.10. The predicted octanol–water partition coefficient (Wildman–Crippen LogP) is 4.57. The van der Waals surface area contributed by atoms with Gasteiger partial charge in [-0.05, 0) is 42.7 Å². The second-order valence-electron chi connectivity index (χ2n) is 4.19. The summed E-state index contributed by atoms with van der Waals surface area (Å²) >= 11 is 6.12. The molecule has 0 atom stereocenters. The number of benzene rings is 2. The molecular weight excluding hydrogens is 230 g/mol. The average Bonchev–Trinajstić information content (AvgIpc) is 2.33. The Bertz CT molecular complexity index is 520. The highest BCUT2D eigenvalue weighted by Gasteiger charge is 2.02. The third kappa shape index (κ3) is 2.80. The summed E-state index contributed by atoms with van der Waals surface area (Å²) in [5, 5.41) is 4.24. The highest BCUT2D eigenvalue weighted by Crippen LogP contribution is 2.21. The van der Waals surface area contributed by atoms with Crippen molar-refractivity contribution in [2.45, 2.75) is 20.4 Å². The average molecular weight is 246 g/mol. The van der Waals surface area contributed by atoms with E-state index in [9.17, 15) is 0 Å². The number of anilines is 1. The summed E-state index contributed by atoms with van der Waals surface area (Å²) < 4.78 is 0. The Morgan fingerprint density at radius 3 is 2.53 bits per heavy atom. The van der Waals surface area contributed by atoms with Crippen LogP contribution in [-0.4, -0.2) is 0 Å². The summed E-state index contributed by atoms with van der Waals surface area (Å²) in [5.41, 5.74) is 4.88. The van der Waals surface area contributed by atoms with Crippen molar-refractivity contribution in [1.29, 1.82) is 0 Å². The molecule has 2 heteroatoms. The van der Waals surface area contributed by atoms with Gasteiger partial charge in [-0.3, -0.25) is 0 Å². The Labute approximate surface area is 107 Å². The fourth-order valence-electron chi connectivity index (χ4n) is 1.77. The lowest BCUT2D eigenvalue weighted by molar-refractivity contribution is 1.13. The monoisotopic (exact) mass is 245 g/mol. The third-order valence-corrected chi connectivity index (χ3v) is 3.40. The normalized spacial score (nSPS) is 10.3. The zero-order valence-corrected chi connectivity index (χ0v) is 10.9. The van der Waals surface area contributed by atoms with E-state index in [-0.39, 0.29) is 0 Å². The zero-order chi connectivity index (χ0) is 12.3. The van der Waals surface area contributed by atoms with Crippen LogP contribution < -0.4 is 5.32 Å². The predicted molar refractivity (Wildman–Crippen MR) is 74.7 cm³/mol. The van der Waals surface area contributed by atoms with E-state index < -0.39 is 0 Å². The summed E-state index contributed by atoms with van der Waals surface area (Å²) in [5.74, 6) is 0. The van der Waals surface area contributed by atoms with Crippen molar-refractivity contribution in [2.24, 2.45) is 0 Å². The van der Waals surface area contributed by atoms with E-state index >= 15 is 0 Å². The molecule has 0 aromatic heterocycles. The minimum Gasteiger partial charge on any atom is -0.381 e. The van der Waals surface area contributed by atoms with Gasteiger partial charge >= 0.3 is 0 Å². The number of halogens is 1. The van der Waals surface area contributed by atoms with Crippen molar-refractivity contribution in [1.82, 2.24) is 0 Å². The van der Waals surface area contributed by atoms with E-state index in [1.54, 1.807) is 0 Å². The number of hydrogen-bond donors (Lipinski definition) is 1. The van der Waals surface area contributed by atoms with Crippen LogP contribution in [0.3, 0.4) is 0 Å². The molecule has 1 nitrogen and oxygen atoms in total. The van der Waals surface area contributed by atoms with Crippen LogP contribution in [0.2, 0.25) is 5.02 Å². The van der Waals surface area contributed by atoms with Crippen LogP contribution in [0, 0.1) is 13.8 Å². The molecule has 0 aliphatic rings. The van der Waals surface area contributed by atoms with Gasteiger partial charge in [0.2, 0.25) is 0 Å². The van der Waals surface area contributed by atoms with Crippen molar-refractivity contribution in [3.8, 4) is 0 Å². The van der Waals surface area contributed by atoms with Crippen LogP contribution >= 0.6 is 11.6 Å². The SMILES string of the molecule is Cc1cccc(NCc2ccccc2Cl)c1C. The first-order valence-electron chi connectivity index (χ1n) is 5.72. The molecule has 0 heterocycles. The van der Waals surface area contributed by atoms with E-state index in [0.29, 0.717) is 0 Å². The first-order chi connectivity index (χ1) is 8.18. The van der Waals surface area contributed by atoms with Gasteiger partial charge in [0.15, 0.2) is 0 Å². The maximum absolute atomic E-state index is 6.12. The molecule has 0 spiro atoms. The summed E-state index contributed by atoms with van der Waals surface area (Å²) in [6.07, 6.45) is 0.